The van der Waals surface area contributed by atoms with Crippen LogP contribution in [0.1, 0.15) is 18.4 Å². The molecule has 0 aliphatic heterocycles. The molecule has 2 N–H and O–H groups in total. The molecule has 0 aliphatic carbocycles. The Morgan fingerprint density at radius 1 is 1.42 bits per heavy atom. The van der Waals surface area contributed by atoms with Crippen molar-refractivity contribution >= 4 is 5.91 Å². The van der Waals surface area contributed by atoms with Gasteiger partial charge >= 0.3 is 0 Å². The highest BCUT2D eigenvalue weighted by molar-refractivity contribution is 5.81. The molecular formula is C13H16N4O2. The van der Waals surface area contributed by atoms with Crippen LogP contribution in [-0.4, -0.2) is 21.9 Å². The topological polar surface area (TPSA) is 80.0 Å². The largest absolute Gasteiger partial charge is 0.467 e. The maximum absolute atomic E-state index is 11.8. The molecule has 2 rings (SSSR count). The summed E-state index contributed by atoms with van der Waals surface area (Å²) in [6, 6.07) is 5.11. The molecule has 100 valence electrons. The van der Waals surface area contributed by atoms with Gasteiger partial charge in [0.25, 0.3) is 0 Å². The monoisotopic (exact) mass is 260 g/mol. The zero-order valence-electron chi connectivity index (χ0n) is 10.7. The van der Waals surface area contributed by atoms with Crippen molar-refractivity contribution in [1.82, 2.24) is 20.6 Å². The number of hydrogen-bond donors (Lipinski definition) is 2. The molecule has 1 atom stereocenters. The Kier molecular flexibility index (Phi) is 4.63. The molecule has 2 aromatic heterocycles. The molecule has 0 saturated heterocycles. The second-order valence-electron chi connectivity index (χ2n) is 4.10. The van der Waals surface area contributed by atoms with Gasteiger partial charge in [0, 0.05) is 12.7 Å². The Morgan fingerprint density at radius 2 is 2.32 bits per heavy atom. The highest BCUT2D eigenvalue weighted by Crippen LogP contribution is 1.99. The molecule has 0 aromatic carbocycles. The molecule has 1 unspecified atom stereocenters. The number of nitrogens with zero attached hydrogens (tertiary/aromatic N) is 2. The molecule has 0 radical (unpaired) electrons. The Balaban J connectivity index is 1.73. The zero-order valence-corrected chi connectivity index (χ0v) is 10.7. The number of carbonyl (C=O) groups excluding carboxylic acids is 1. The summed E-state index contributed by atoms with van der Waals surface area (Å²) in [5.74, 6) is 0.654. The second kappa shape index (κ2) is 6.65. The van der Waals surface area contributed by atoms with Gasteiger partial charge in [-0.3, -0.25) is 4.79 Å². The van der Waals surface area contributed by atoms with Gasteiger partial charge in [0.2, 0.25) is 5.91 Å². The third-order valence-electron chi connectivity index (χ3n) is 2.64. The number of nitrogens with one attached hydrogen (secondary N) is 2. The number of rotatable bonds is 6. The van der Waals surface area contributed by atoms with Crippen LogP contribution in [0.3, 0.4) is 0 Å². The SMILES string of the molecule is CC(NCc1ccncn1)C(=O)NCc1ccco1. The number of furan rings is 1. The van der Waals surface area contributed by atoms with E-state index >= 15 is 0 Å². The molecule has 0 aliphatic rings. The minimum atomic E-state index is -0.301. The van der Waals surface area contributed by atoms with E-state index in [1.54, 1.807) is 31.5 Å². The van der Waals surface area contributed by atoms with E-state index in [0.29, 0.717) is 13.1 Å². The molecule has 2 aromatic rings. The van der Waals surface area contributed by atoms with Crippen LogP contribution in [0.5, 0.6) is 0 Å². The summed E-state index contributed by atoms with van der Waals surface area (Å²) < 4.78 is 5.14. The van der Waals surface area contributed by atoms with Gasteiger partial charge in [-0.15, -0.1) is 0 Å². The van der Waals surface area contributed by atoms with Crippen molar-refractivity contribution in [3.05, 3.63) is 48.4 Å². The number of aromatic nitrogens is 2. The Bertz CT molecular complexity index is 499. The Morgan fingerprint density at radius 3 is 3.00 bits per heavy atom. The highest BCUT2D eigenvalue weighted by atomic mass is 16.3. The fraction of sp³-hybridized carbons (Fsp3) is 0.308. The Labute approximate surface area is 111 Å². The van der Waals surface area contributed by atoms with Gasteiger partial charge < -0.3 is 15.1 Å². The molecule has 6 heteroatoms. The van der Waals surface area contributed by atoms with Crippen molar-refractivity contribution in [3.8, 4) is 0 Å². The van der Waals surface area contributed by atoms with E-state index in [1.807, 2.05) is 6.07 Å². The molecule has 0 spiro atoms. The molecule has 19 heavy (non-hydrogen) atoms. The number of carbonyl (C=O) groups is 1. The van der Waals surface area contributed by atoms with Crippen LogP contribution in [0.2, 0.25) is 0 Å². The summed E-state index contributed by atoms with van der Waals surface area (Å²) in [4.78, 5) is 19.7. The lowest BCUT2D eigenvalue weighted by Crippen LogP contribution is -2.41. The highest BCUT2D eigenvalue weighted by Gasteiger charge is 2.12. The molecule has 0 bridgehead atoms. The first-order chi connectivity index (χ1) is 9.25. The minimum Gasteiger partial charge on any atom is -0.467 e. The van der Waals surface area contributed by atoms with Crippen molar-refractivity contribution < 1.29 is 9.21 Å². The predicted octanol–water partition coefficient (Wildman–Crippen LogP) is 0.864. The van der Waals surface area contributed by atoms with E-state index in [0.717, 1.165) is 11.5 Å². The lowest BCUT2D eigenvalue weighted by Gasteiger charge is -2.13. The van der Waals surface area contributed by atoms with Crippen LogP contribution in [0.25, 0.3) is 0 Å². The van der Waals surface area contributed by atoms with Crippen molar-refractivity contribution in [1.29, 1.82) is 0 Å². The first kappa shape index (κ1) is 13.2. The van der Waals surface area contributed by atoms with E-state index in [4.69, 9.17) is 4.42 Å². The van der Waals surface area contributed by atoms with Gasteiger partial charge in [-0.05, 0) is 25.1 Å². The van der Waals surface area contributed by atoms with Gasteiger partial charge in [0.05, 0.1) is 24.5 Å². The minimum absolute atomic E-state index is 0.0783. The third-order valence-corrected chi connectivity index (χ3v) is 2.64. The summed E-state index contributed by atoms with van der Waals surface area (Å²) in [6.45, 7) is 2.72. The maximum atomic E-state index is 11.8. The van der Waals surface area contributed by atoms with Crippen LogP contribution in [0, 0.1) is 0 Å². The molecule has 0 saturated carbocycles. The molecular weight excluding hydrogens is 244 g/mol. The smallest absolute Gasteiger partial charge is 0.237 e. The van der Waals surface area contributed by atoms with Gasteiger partial charge in [-0.1, -0.05) is 0 Å². The predicted molar refractivity (Wildman–Crippen MR) is 68.9 cm³/mol. The quantitative estimate of drug-likeness (QED) is 0.805. The average molecular weight is 260 g/mol. The van der Waals surface area contributed by atoms with Crippen molar-refractivity contribution in [2.75, 3.05) is 0 Å². The van der Waals surface area contributed by atoms with Gasteiger partial charge in [0.1, 0.15) is 12.1 Å². The zero-order chi connectivity index (χ0) is 13.5. The first-order valence-corrected chi connectivity index (χ1v) is 6.04. The summed E-state index contributed by atoms with van der Waals surface area (Å²) in [5, 5.41) is 5.89. The van der Waals surface area contributed by atoms with Gasteiger partial charge in [-0.2, -0.15) is 0 Å². The maximum Gasteiger partial charge on any atom is 0.237 e. The van der Waals surface area contributed by atoms with Crippen molar-refractivity contribution in [3.63, 3.8) is 0 Å². The fourth-order valence-electron chi connectivity index (χ4n) is 1.51. The second-order valence-corrected chi connectivity index (χ2v) is 4.10. The van der Waals surface area contributed by atoms with Crippen molar-refractivity contribution in [2.24, 2.45) is 0 Å². The normalized spacial score (nSPS) is 12.1. The number of amides is 1. The van der Waals surface area contributed by atoms with E-state index in [-0.39, 0.29) is 11.9 Å². The van der Waals surface area contributed by atoms with Crippen LogP contribution in [-0.2, 0) is 17.9 Å². The lowest BCUT2D eigenvalue weighted by molar-refractivity contribution is -0.123. The average Bonchev–Trinajstić information content (AvgIpc) is 2.96. The number of hydrogen-bond acceptors (Lipinski definition) is 5. The standard InChI is InChI=1S/C13H16N4O2/c1-10(15-7-11-4-5-14-9-17-11)13(18)16-8-12-3-2-6-19-12/h2-6,9-10,15H,7-8H2,1H3,(H,16,18). The summed E-state index contributed by atoms with van der Waals surface area (Å²) >= 11 is 0. The van der Waals surface area contributed by atoms with Crippen LogP contribution in [0.4, 0.5) is 0 Å². The van der Waals surface area contributed by atoms with Crippen LogP contribution >= 0.6 is 0 Å². The summed E-state index contributed by atoms with van der Waals surface area (Å²) in [7, 11) is 0. The van der Waals surface area contributed by atoms with E-state index in [1.165, 1.54) is 6.33 Å². The van der Waals surface area contributed by atoms with Crippen molar-refractivity contribution in [2.45, 2.75) is 26.1 Å². The third kappa shape index (κ3) is 4.18. The lowest BCUT2D eigenvalue weighted by atomic mass is 10.3. The molecule has 1 amide bonds. The molecule has 2 heterocycles. The van der Waals surface area contributed by atoms with Crippen LogP contribution < -0.4 is 10.6 Å². The molecule has 6 nitrogen and oxygen atoms in total. The summed E-state index contributed by atoms with van der Waals surface area (Å²) in [6.07, 6.45) is 4.74. The van der Waals surface area contributed by atoms with E-state index in [9.17, 15) is 4.79 Å². The van der Waals surface area contributed by atoms with E-state index in [2.05, 4.69) is 20.6 Å². The Hall–Kier alpha value is -2.21. The van der Waals surface area contributed by atoms with Crippen LogP contribution in [0.15, 0.2) is 41.4 Å². The van der Waals surface area contributed by atoms with E-state index < -0.39 is 0 Å². The first-order valence-electron chi connectivity index (χ1n) is 6.04. The van der Waals surface area contributed by atoms with Gasteiger partial charge in [-0.25, -0.2) is 9.97 Å². The fourth-order valence-corrected chi connectivity index (χ4v) is 1.51. The molecule has 0 fully saturated rings. The summed E-state index contributed by atoms with van der Waals surface area (Å²) in [5.41, 5.74) is 0.848. The van der Waals surface area contributed by atoms with Gasteiger partial charge in [0.15, 0.2) is 0 Å².